The van der Waals surface area contributed by atoms with Crippen molar-refractivity contribution in [1.82, 2.24) is 19.5 Å². The van der Waals surface area contributed by atoms with E-state index in [2.05, 4.69) is 15.0 Å². The van der Waals surface area contributed by atoms with Crippen LogP contribution in [0.1, 0.15) is 39.3 Å². The number of ketones is 2. The molecule has 0 radical (unpaired) electrons. The summed E-state index contributed by atoms with van der Waals surface area (Å²) in [6, 6.07) is 0. The number of rotatable bonds is 6. The molecule has 1 saturated heterocycles. The first-order chi connectivity index (χ1) is 12.7. The number of aromatic nitrogens is 4. The molecule has 4 atom stereocenters. The van der Waals surface area contributed by atoms with Crippen LogP contribution in [0.4, 0.5) is 5.95 Å². The Balaban J connectivity index is 2.05. The molecule has 146 valence electrons. The highest BCUT2D eigenvalue weighted by atomic mass is 16.6. The number of aromatic amines is 1. The molecule has 2 aromatic heterocycles. The van der Waals surface area contributed by atoms with Gasteiger partial charge >= 0.3 is 0 Å². The maximum Gasteiger partial charge on any atom is 0.280 e. The van der Waals surface area contributed by atoms with Gasteiger partial charge in [-0.25, -0.2) is 4.98 Å². The number of hydrogen-bond acceptors (Lipinski definition) is 9. The molecule has 0 saturated carbocycles. The number of aliphatic hydroxyl groups excluding tert-OH is 1. The first kappa shape index (κ1) is 19.1. The monoisotopic (exact) mass is 379 g/mol. The van der Waals surface area contributed by atoms with Crippen LogP contribution in [0.15, 0.2) is 11.1 Å². The van der Waals surface area contributed by atoms with E-state index in [4.69, 9.17) is 10.5 Å². The summed E-state index contributed by atoms with van der Waals surface area (Å²) in [4.78, 5) is 46.6. The Kier molecular flexibility index (Phi) is 4.84. The number of carbonyl (C=O) groups is 2. The summed E-state index contributed by atoms with van der Waals surface area (Å²) in [6.45, 7) is 3.12. The van der Waals surface area contributed by atoms with Crippen LogP contribution in [0, 0.1) is 0 Å². The molecule has 11 heteroatoms. The second kappa shape index (κ2) is 6.83. The molecule has 3 rings (SSSR count). The molecule has 1 aliphatic rings. The van der Waals surface area contributed by atoms with Crippen LogP contribution in [0.3, 0.4) is 0 Å². The summed E-state index contributed by atoms with van der Waals surface area (Å²) >= 11 is 0. The smallest absolute Gasteiger partial charge is 0.280 e. The fraction of sp³-hybridized carbons (Fsp3) is 0.562. The van der Waals surface area contributed by atoms with E-state index in [9.17, 15) is 24.6 Å². The third-order valence-electron chi connectivity index (χ3n) is 4.79. The largest absolute Gasteiger partial charge is 0.382 e. The van der Waals surface area contributed by atoms with Gasteiger partial charge in [-0.2, -0.15) is 4.98 Å². The van der Waals surface area contributed by atoms with E-state index in [-0.39, 0.29) is 36.4 Å². The van der Waals surface area contributed by atoms with Gasteiger partial charge in [-0.1, -0.05) is 13.8 Å². The number of ether oxygens (including phenoxy) is 1. The molecule has 0 spiro atoms. The van der Waals surface area contributed by atoms with Gasteiger partial charge < -0.3 is 20.7 Å². The summed E-state index contributed by atoms with van der Waals surface area (Å²) in [6.07, 6.45) is -3.05. The summed E-state index contributed by atoms with van der Waals surface area (Å²) in [5, 5.41) is 21.3. The van der Waals surface area contributed by atoms with Gasteiger partial charge in [0.15, 0.2) is 28.3 Å². The highest BCUT2D eigenvalue weighted by molar-refractivity contribution is 5.90. The van der Waals surface area contributed by atoms with Crippen molar-refractivity contribution >= 4 is 28.7 Å². The third-order valence-corrected chi connectivity index (χ3v) is 4.79. The van der Waals surface area contributed by atoms with Gasteiger partial charge in [0.1, 0.15) is 18.4 Å². The Morgan fingerprint density at radius 3 is 2.81 bits per heavy atom. The lowest BCUT2D eigenvalue weighted by Gasteiger charge is -2.29. The molecule has 0 aromatic carbocycles. The van der Waals surface area contributed by atoms with Crippen molar-refractivity contribution in [2.24, 2.45) is 0 Å². The molecule has 1 aliphatic heterocycles. The first-order valence-corrected chi connectivity index (χ1v) is 8.57. The van der Waals surface area contributed by atoms with Gasteiger partial charge in [0.2, 0.25) is 5.95 Å². The minimum Gasteiger partial charge on any atom is -0.382 e. The van der Waals surface area contributed by atoms with Gasteiger partial charge in [-0.05, 0) is 0 Å². The maximum atomic E-state index is 12.4. The number of nitrogens with zero attached hydrogens (tertiary/aromatic N) is 3. The number of imidazole rings is 1. The normalized spacial score (nSPS) is 26.4. The molecule has 5 N–H and O–H groups in total. The predicted molar refractivity (Wildman–Crippen MR) is 92.6 cm³/mol. The zero-order chi connectivity index (χ0) is 19.9. The number of Topliss-reactive ketones (excluding diaryl/α,β-unsaturated/α-hetero) is 2. The minimum atomic E-state index is -2.06. The zero-order valence-corrected chi connectivity index (χ0v) is 14.9. The number of hydrogen-bond donors (Lipinski definition) is 4. The standard InChI is InChI=1S/C16H21N5O6/c1-3-7(22)11(24)12-16(26,8(23)4-2)5-9(27-12)21-6-18-10-13(21)19-15(17)20-14(10)25/h6,9,11-12,24,26H,3-5H2,1-2H3,(H3,17,19,20,25)/t9-,11?,12-,16-/m1/s1. The minimum absolute atomic E-state index is 0.00629. The Hall–Kier alpha value is -2.63. The van der Waals surface area contributed by atoms with Crippen LogP contribution in [0.2, 0.25) is 0 Å². The van der Waals surface area contributed by atoms with Crippen LogP contribution in [-0.4, -0.2) is 59.1 Å². The summed E-state index contributed by atoms with van der Waals surface area (Å²) < 4.78 is 7.05. The lowest BCUT2D eigenvalue weighted by molar-refractivity contribution is -0.160. The fourth-order valence-corrected chi connectivity index (χ4v) is 3.32. The van der Waals surface area contributed by atoms with Gasteiger partial charge in [0, 0.05) is 19.3 Å². The fourth-order valence-electron chi connectivity index (χ4n) is 3.32. The predicted octanol–water partition coefficient (Wildman–Crippen LogP) is -0.960. The molecule has 3 heterocycles. The van der Waals surface area contributed by atoms with Crippen molar-refractivity contribution in [2.45, 2.75) is 57.1 Å². The van der Waals surface area contributed by atoms with Crippen molar-refractivity contribution in [1.29, 1.82) is 0 Å². The maximum absolute atomic E-state index is 12.4. The summed E-state index contributed by atoms with van der Waals surface area (Å²) in [5.41, 5.74) is 3.07. The van der Waals surface area contributed by atoms with E-state index in [1.807, 2.05) is 0 Å². The number of fused-ring (bicyclic) bond motifs is 1. The van der Waals surface area contributed by atoms with Crippen LogP contribution in [-0.2, 0) is 14.3 Å². The van der Waals surface area contributed by atoms with Crippen LogP contribution < -0.4 is 11.3 Å². The highest BCUT2D eigenvalue weighted by Gasteiger charge is 2.56. The van der Waals surface area contributed by atoms with E-state index in [1.165, 1.54) is 10.9 Å². The number of nitrogen functional groups attached to an aromatic ring is 1. The van der Waals surface area contributed by atoms with Gasteiger partial charge in [-0.15, -0.1) is 0 Å². The molecular formula is C16H21N5O6. The Bertz CT molecular complexity index is 952. The average molecular weight is 379 g/mol. The van der Waals surface area contributed by atoms with Crippen LogP contribution in [0.5, 0.6) is 0 Å². The summed E-state index contributed by atoms with van der Waals surface area (Å²) in [7, 11) is 0. The number of aliphatic hydroxyl groups is 2. The van der Waals surface area contributed by atoms with Gasteiger partial charge in [-0.3, -0.25) is 23.9 Å². The van der Waals surface area contributed by atoms with E-state index in [0.29, 0.717) is 0 Å². The second-order valence-electron chi connectivity index (χ2n) is 6.46. The lowest BCUT2D eigenvalue weighted by atomic mass is 9.84. The van der Waals surface area contributed by atoms with Gasteiger partial charge in [0.25, 0.3) is 5.56 Å². The average Bonchev–Trinajstić information content (AvgIpc) is 3.21. The quantitative estimate of drug-likeness (QED) is 0.493. The number of carbonyl (C=O) groups excluding carboxylic acids is 2. The van der Waals surface area contributed by atoms with Crippen molar-refractivity contribution in [3.63, 3.8) is 0 Å². The van der Waals surface area contributed by atoms with Crippen molar-refractivity contribution in [3.8, 4) is 0 Å². The molecule has 2 aromatic rings. The van der Waals surface area contributed by atoms with E-state index >= 15 is 0 Å². The molecule has 27 heavy (non-hydrogen) atoms. The van der Waals surface area contributed by atoms with E-state index in [0.717, 1.165) is 0 Å². The van der Waals surface area contributed by atoms with Crippen molar-refractivity contribution in [3.05, 3.63) is 16.7 Å². The SMILES string of the molecule is CCC(=O)C(O)[C@H]1O[C@@H](n2cnc3c(=O)[nH]c(N)nc32)C[C@@]1(O)C(=O)CC. The molecule has 0 amide bonds. The lowest BCUT2D eigenvalue weighted by Crippen LogP contribution is -2.53. The molecule has 1 fully saturated rings. The highest BCUT2D eigenvalue weighted by Crippen LogP contribution is 2.40. The Morgan fingerprint density at radius 2 is 2.19 bits per heavy atom. The van der Waals surface area contributed by atoms with Crippen LogP contribution >= 0.6 is 0 Å². The number of nitrogens with two attached hydrogens (primary N) is 1. The third kappa shape index (κ3) is 3.03. The molecular weight excluding hydrogens is 358 g/mol. The topological polar surface area (TPSA) is 173 Å². The van der Waals surface area contributed by atoms with Crippen LogP contribution in [0.25, 0.3) is 11.2 Å². The second-order valence-corrected chi connectivity index (χ2v) is 6.46. The van der Waals surface area contributed by atoms with Gasteiger partial charge in [0.05, 0.1) is 6.33 Å². The van der Waals surface area contributed by atoms with Crippen molar-refractivity contribution in [2.75, 3.05) is 5.73 Å². The summed E-state index contributed by atoms with van der Waals surface area (Å²) in [5.74, 6) is -1.25. The van der Waals surface area contributed by atoms with E-state index < -0.39 is 41.2 Å². The van der Waals surface area contributed by atoms with E-state index in [1.54, 1.807) is 13.8 Å². The Labute approximate surface area is 153 Å². The molecule has 0 aliphatic carbocycles. The number of H-pyrrole nitrogens is 1. The zero-order valence-electron chi connectivity index (χ0n) is 14.9. The Morgan fingerprint density at radius 1 is 1.48 bits per heavy atom. The molecule has 1 unspecified atom stereocenters. The first-order valence-electron chi connectivity index (χ1n) is 8.57. The molecule has 11 nitrogen and oxygen atoms in total. The molecule has 0 bridgehead atoms. The number of anilines is 1. The number of nitrogens with one attached hydrogen (secondary N) is 1. The van der Waals surface area contributed by atoms with Crippen molar-refractivity contribution < 1.29 is 24.5 Å².